The van der Waals surface area contributed by atoms with Crippen molar-refractivity contribution < 1.29 is 4.42 Å². The zero-order valence-corrected chi connectivity index (χ0v) is 21.8. The van der Waals surface area contributed by atoms with Gasteiger partial charge in [-0.3, -0.25) is 0 Å². The Labute approximate surface area is 232 Å². The third-order valence-electron chi connectivity index (χ3n) is 7.82. The number of nitrogens with zero attached hydrogens (tertiary/aromatic N) is 1. The molecule has 0 bridgehead atoms. The number of benzene rings is 7. The van der Waals surface area contributed by atoms with E-state index in [1.807, 2.05) is 12.1 Å². The van der Waals surface area contributed by atoms with Crippen molar-refractivity contribution in [1.29, 1.82) is 0 Å². The summed E-state index contributed by atoms with van der Waals surface area (Å²) in [5.41, 5.74) is 7.48. The first-order valence-corrected chi connectivity index (χ1v) is 13.6. The second-order valence-corrected chi connectivity index (χ2v) is 10.2. The lowest BCUT2D eigenvalue weighted by Crippen LogP contribution is -2.11. The van der Waals surface area contributed by atoms with Gasteiger partial charge in [0.05, 0.1) is 16.8 Å². The van der Waals surface area contributed by atoms with E-state index in [0.717, 1.165) is 39.0 Å². The van der Waals surface area contributed by atoms with E-state index in [9.17, 15) is 0 Å². The number of hydrogen-bond acceptors (Lipinski definition) is 2. The van der Waals surface area contributed by atoms with Crippen LogP contribution in [0.25, 0.3) is 54.6 Å². The van der Waals surface area contributed by atoms with Crippen LogP contribution in [0.2, 0.25) is 0 Å². The predicted octanol–water partition coefficient (Wildman–Crippen LogP) is 11.0. The molecule has 0 N–H and O–H groups in total. The Bertz CT molecular complexity index is 2170. The lowest BCUT2D eigenvalue weighted by molar-refractivity contribution is 0.669. The summed E-state index contributed by atoms with van der Waals surface area (Å²) >= 11 is 0. The van der Waals surface area contributed by atoms with E-state index >= 15 is 0 Å². The quantitative estimate of drug-likeness (QED) is 0.234. The van der Waals surface area contributed by atoms with E-state index in [-0.39, 0.29) is 0 Å². The number of rotatable bonds is 4. The molecule has 8 rings (SSSR count). The second kappa shape index (κ2) is 9.14. The third-order valence-corrected chi connectivity index (χ3v) is 7.82. The standard InChI is InChI=1S/C38H25NO/c1-2-16-29(17-3-1)39(34-21-11-23-37-38(34)32-19-8-9-22-36(32)40-37)35-25-28-14-5-4-13-27(28)24-33(35)31-20-10-15-26-12-6-7-18-30(26)31/h1-25H. The first kappa shape index (κ1) is 22.6. The molecule has 0 amide bonds. The number of furan rings is 1. The summed E-state index contributed by atoms with van der Waals surface area (Å²) in [7, 11) is 0. The maximum atomic E-state index is 6.33. The molecule has 0 aliphatic carbocycles. The minimum atomic E-state index is 0.882. The van der Waals surface area contributed by atoms with E-state index in [1.165, 1.54) is 32.7 Å². The Balaban J connectivity index is 1.51. The fourth-order valence-corrected chi connectivity index (χ4v) is 6.02. The molecule has 0 fully saturated rings. The molecular formula is C38H25NO. The van der Waals surface area contributed by atoms with Gasteiger partial charge in [-0.2, -0.15) is 0 Å². The molecule has 0 atom stereocenters. The highest BCUT2D eigenvalue weighted by atomic mass is 16.3. The highest BCUT2D eigenvalue weighted by Crippen LogP contribution is 2.47. The van der Waals surface area contributed by atoms with Gasteiger partial charge in [-0.25, -0.2) is 0 Å². The molecule has 40 heavy (non-hydrogen) atoms. The topological polar surface area (TPSA) is 16.4 Å². The van der Waals surface area contributed by atoms with Crippen molar-refractivity contribution in [2.45, 2.75) is 0 Å². The van der Waals surface area contributed by atoms with E-state index in [0.29, 0.717) is 0 Å². The third kappa shape index (κ3) is 3.58. The van der Waals surface area contributed by atoms with Gasteiger partial charge in [-0.1, -0.05) is 109 Å². The van der Waals surface area contributed by atoms with Gasteiger partial charge >= 0.3 is 0 Å². The van der Waals surface area contributed by atoms with Crippen LogP contribution in [0.3, 0.4) is 0 Å². The summed E-state index contributed by atoms with van der Waals surface area (Å²) < 4.78 is 6.33. The molecule has 8 aromatic rings. The summed E-state index contributed by atoms with van der Waals surface area (Å²) in [6.45, 7) is 0. The fourth-order valence-electron chi connectivity index (χ4n) is 6.02. The molecule has 0 saturated heterocycles. The average Bonchev–Trinajstić information content (AvgIpc) is 3.41. The van der Waals surface area contributed by atoms with Gasteiger partial charge in [-0.05, 0) is 69.6 Å². The molecule has 0 aliphatic rings. The van der Waals surface area contributed by atoms with Crippen LogP contribution >= 0.6 is 0 Å². The van der Waals surface area contributed by atoms with Crippen LogP contribution in [0, 0.1) is 0 Å². The largest absolute Gasteiger partial charge is 0.456 e. The number of para-hydroxylation sites is 2. The van der Waals surface area contributed by atoms with Gasteiger partial charge in [0.1, 0.15) is 11.2 Å². The molecule has 1 aromatic heterocycles. The van der Waals surface area contributed by atoms with E-state index in [1.54, 1.807) is 0 Å². The first-order chi connectivity index (χ1) is 19.8. The zero-order valence-electron chi connectivity index (χ0n) is 21.8. The zero-order chi connectivity index (χ0) is 26.5. The maximum Gasteiger partial charge on any atom is 0.137 e. The van der Waals surface area contributed by atoms with Crippen molar-refractivity contribution in [3.8, 4) is 11.1 Å². The summed E-state index contributed by atoms with van der Waals surface area (Å²) in [4.78, 5) is 2.40. The fraction of sp³-hybridized carbons (Fsp3) is 0. The molecule has 2 nitrogen and oxygen atoms in total. The van der Waals surface area contributed by atoms with Crippen LogP contribution in [-0.2, 0) is 0 Å². The van der Waals surface area contributed by atoms with Crippen LogP contribution in [-0.4, -0.2) is 0 Å². The highest BCUT2D eigenvalue weighted by molar-refractivity contribution is 6.15. The first-order valence-electron chi connectivity index (χ1n) is 13.6. The van der Waals surface area contributed by atoms with Crippen molar-refractivity contribution >= 4 is 60.5 Å². The Hall–Kier alpha value is -5.34. The summed E-state index contributed by atoms with van der Waals surface area (Å²) in [5.74, 6) is 0. The van der Waals surface area contributed by atoms with Crippen LogP contribution in [0.5, 0.6) is 0 Å². The minimum absolute atomic E-state index is 0.882. The Kier molecular flexibility index (Phi) is 5.17. The monoisotopic (exact) mass is 511 g/mol. The predicted molar refractivity (Wildman–Crippen MR) is 169 cm³/mol. The van der Waals surface area contributed by atoms with Crippen molar-refractivity contribution in [1.82, 2.24) is 0 Å². The molecule has 1 heterocycles. The lowest BCUT2D eigenvalue weighted by Gasteiger charge is -2.29. The van der Waals surface area contributed by atoms with Gasteiger partial charge in [0.25, 0.3) is 0 Å². The summed E-state index contributed by atoms with van der Waals surface area (Å²) in [6, 6.07) is 53.9. The van der Waals surface area contributed by atoms with Gasteiger partial charge < -0.3 is 9.32 Å². The minimum Gasteiger partial charge on any atom is -0.456 e. The van der Waals surface area contributed by atoms with Crippen LogP contribution in [0.1, 0.15) is 0 Å². The van der Waals surface area contributed by atoms with Gasteiger partial charge in [0.2, 0.25) is 0 Å². The van der Waals surface area contributed by atoms with Gasteiger partial charge in [0, 0.05) is 16.6 Å². The maximum absolute atomic E-state index is 6.33. The summed E-state index contributed by atoms with van der Waals surface area (Å²) in [6.07, 6.45) is 0. The van der Waals surface area contributed by atoms with Crippen molar-refractivity contribution in [2.75, 3.05) is 4.90 Å². The Morgan fingerprint density at radius 3 is 1.88 bits per heavy atom. The molecule has 0 radical (unpaired) electrons. The number of anilines is 3. The molecule has 0 unspecified atom stereocenters. The van der Waals surface area contributed by atoms with E-state index < -0.39 is 0 Å². The van der Waals surface area contributed by atoms with E-state index in [2.05, 4.69) is 144 Å². The normalized spacial score (nSPS) is 11.5. The Morgan fingerprint density at radius 1 is 0.400 bits per heavy atom. The lowest BCUT2D eigenvalue weighted by atomic mass is 9.93. The molecular weight excluding hydrogens is 486 g/mol. The van der Waals surface area contributed by atoms with Crippen LogP contribution in [0.4, 0.5) is 17.1 Å². The van der Waals surface area contributed by atoms with Gasteiger partial charge in [-0.15, -0.1) is 0 Å². The van der Waals surface area contributed by atoms with Crippen molar-refractivity contribution in [3.05, 3.63) is 152 Å². The molecule has 7 aromatic carbocycles. The average molecular weight is 512 g/mol. The highest BCUT2D eigenvalue weighted by Gasteiger charge is 2.23. The molecule has 0 saturated carbocycles. The molecule has 0 aliphatic heterocycles. The molecule has 0 spiro atoms. The van der Waals surface area contributed by atoms with Crippen molar-refractivity contribution in [2.24, 2.45) is 0 Å². The van der Waals surface area contributed by atoms with Crippen LogP contribution in [0.15, 0.2) is 156 Å². The van der Waals surface area contributed by atoms with Gasteiger partial charge in [0.15, 0.2) is 0 Å². The molecule has 188 valence electrons. The summed E-state index contributed by atoms with van der Waals surface area (Å²) in [5, 5.41) is 7.11. The van der Waals surface area contributed by atoms with Crippen LogP contribution < -0.4 is 4.90 Å². The smallest absolute Gasteiger partial charge is 0.137 e. The SMILES string of the molecule is c1ccc(N(c2cc3ccccc3cc2-c2cccc3ccccc23)c2cccc3oc4ccccc4c23)cc1. The number of hydrogen-bond donors (Lipinski definition) is 0. The Morgan fingerprint density at radius 2 is 1.02 bits per heavy atom. The number of fused-ring (bicyclic) bond motifs is 5. The van der Waals surface area contributed by atoms with E-state index in [4.69, 9.17) is 4.42 Å². The molecule has 2 heteroatoms. The van der Waals surface area contributed by atoms with Crippen molar-refractivity contribution in [3.63, 3.8) is 0 Å². The second-order valence-electron chi connectivity index (χ2n) is 10.2.